The molecule has 2 atom stereocenters. The maximum atomic E-state index is 12.5. The van der Waals surface area contributed by atoms with E-state index in [4.69, 9.17) is 4.74 Å². The number of amides is 1. The Morgan fingerprint density at radius 3 is 1.06 bits per heavy atom. The van der Waals surface area contributed by atoms with Gasteiger partial charge in [0.05, 0.1) is 25.4 Å². The standard InChI is InChI=1S/C63H121NO5/c1-3-5-7-9-11-13-15-17-18-19-20-21-22-23-24-26-29-32-35-39-43-47-51-55-61(66)60(59-65)64-62(67)56-52-48-44-40-36-33-30-27-25-28-31-34-38-42-46-50-54-58-69-63(68)57-53-49-45-41-37-16-14-12-10-8-6-4-2/h12,14,25,28,60-61,65-66H,3-11,13,15-24,26-27,29-59H2,1-2H3,(H,64,67)/b14-12-,28-25-. The van der Waals surface area contributed by atoms with Crippen molar-refractivity contribution < 1.29 is 24.5 Å². The van der Waals surface area contributed by atoms with Crippen molar-refractivity contribution >= 4 is 11.9 Å². The summed E-state index contributed by atoms with van der Waals surface area (Å²) >= 11 is 0. The molecule has 0 aliphatic heterocycles. The number of aliphatic hydroxyl groups is 2. The van der Waals surface area contributed by atoms with Gasteiger partial charge in [-0.05, 0) is 77.0 Å². The first kappa shape index (κ1) is 67.3. The molecule has 0 radical (unpaired) electrons. The highest BCUT2D eigenvalue weighted by atomic mass is 16.5. The number of carbonyl (C=O) groups excluding carboxylic acids is 2. The number of ether oxygens (including phenoxy) is 1. The van der Waals surface area contributed by atoms with E-state index in [1.807, 2.05) is 0 Å². The normalized spacial score (nSPS) is 12.7. The van der Waals surface area contributed by atoms with Gasteiger partial charge in [-0.1, -0.05) is 276 Å². The Morgan fingerprint density at radius 2 is 0.681 bits per heavy atom. The van der Waals surface area contributed by atoms with Crippen molar-refractivity contribution in [1.29, 1.82) is 0 Å². The summed E-state index contributed by atoms with van der Waals surface area (Å²) in [6.07, 6.45) is 71.8. The molecule has 0 spiro atoms. The summed E-state index contributed by atoms with van der Waals surface area (Å²) in [5, 5.41) is 23.4. The predicted octanol–water partition coefficient (Wildman–Crippen LogP) is 19.4. The summed E-state index contributed by atoms with van der Waals surface area (Å²) in [7, 11) is 0. The Balaban J connectivity index is 3.46. The first-order valence-corrected chi connectivity index (χ1v) is 31.1. The summed E-state index contributed by atoms with van der Waals surface area (Å²) in [5.41, 5.74) is 0. The maximum Gasteiger partial charge on any atom is 0.305 e. The van der Waals surface area contributed by atoms with Crippen LogP contribution < -0.4 is 5.32 Å². The lowest BCUT2D eigenvalue weighted by atomic mass is 10.0. The van der Waals surface area contributed by atoms with Gasteiger partial charge in [0.25, 0.3) is 0 Å². The van der Waals surface area contributed by atoms with E-state index in [2.05, 4.69) is 43.5 Å². The van der Waals surface area contributed by atoms with Crippen LogP contribution in [0.5, 0.6) is 0 Å². The van der Waals surface area contributed by atoms with Crippen molar-refractivity contribution in [2.45, 2.75) is 353 Å². The van der Waals surface area contributed by atoms with Crippen LogP contribution in [-0.2, 0) is 14.3 Å². The quantitative estimate of drug-likeness (QED) is 0.0321. The second kappa shape index (κ2) is 58.9. The van der Waals surface area contributed by atoms with Crippen LogP contribution >= 0.6 is 0 Å². The van der Waals surface area contributed by atoms with Crippen molar-refractivity contribution in [2.24, 2.45) is 0 Å². The highest BCUT2D eigenvalue weighted by Gasteiger charge is 2.20. The molecular formula is C63H121NO5. The number of nitrogens with one attached hydrogen (secondary N) is 1. The molecule has 0 aromatic heterocycles. The smallest absolute Gasteiger partial charge is 0.305 e. The first-order chi connectivity index (χ1) is 34.0. The number of hydrogen-bond acceptors (Lipinski definition) is 5. The van der Waals surface area contributed by atoms with E-state index in [9.17, 15) is 19.8 Å². The molecule has 408 valence electrons. The van der Waals surface area contributed by atoms with Crippen LogP contribution in [0.1, 0.15) is 341 Å². The molecule has 6 nitrogen and oxygen atoms in total. The molecule has 0 saturated carbocycles. The van der Waals surface area contributed by atoms with Gasteiger partial charge in [-0.3, -0.25) is 9.59 Å². The lowest BCUT2D eigenvalue weighted by molar-refractivity contribution is -0.143. The van der Waals surface area contributed by atoms with Gasteiger partial charge in [0, 0.05) is 12.8 Å². The van der Waals surface area contributed by atoms with E-state index in [-0.39, 0.29) is 18.5 Å². The molecule has 0 bridgehead atoms. The highest BCUT2D eigenvalue weighted by Crippen LogP contribution is 2.18. The summed E-state index contributed by atoms with van der Waals surface area (Å²) in [6.45, 7) is 4.93. The van der Waals surface area contributed by atoms with Gasteiger partial charge in [0.2, 0.25) is 5.91 Å². The van der Waals surface area contributed by atoms with Crippen LogP contribution in [0.15, 0.2) is 24.3 Å². The SMILES string of the molecule is CCCCC/C=C\CCCCCCCC(=O)OCCCCCCCC/C=C\CCCCCCCCCC(=O)NC(CO)C(O)CCCCCCCCCCCCCCCCCCCCCCCCC. The number of esters is 1. The fourth-order valence-electron chi connectivity index (χ4n) is 9.69. The Labute approximate surface area is 431 Å². The Bertz CT molecular complexity index is 1080. The number of hydrogen-bond donors (Lipinski definition) is 3. The van der Waals surface area contributed by atoms with E-state index < -0.39 is 12.1 Å². The molecule has 0 aliphatic carbocycles. The van der Waals surface area contributed by atoms with Crippen LogP contribution in [-0.4, -0.2) is 47.4 Å². The van der Waals surface area contributed by atoms with Crippen molar-refractivity contribution in [3.8, 4) is 0 Å². The van der Waals surface area contributed by atoms with Crippen LogP contribution in [0.2, 0.25) is 0 Å². The van der Waals surface area contributed by atoms with Gasteiger partial charge in [-0.25, -0.2) is 0 Å². The zero-order valence-electron chi connectivity index (χ0n) is 46.6. The molecule has 0 rings (SSSR count). The highest BCUT2D eigenvalue weighted by molar-refractivity contribution is 5.76. The zero-order valence-corrected chi connectivity index (χ0v) is 46.6. The van der Waals surface area contributed by atoms with Crippen LogP contribution in [0.4, 0.5) is 0 Å². The Morgan fingerprint density at radius 1 is 0.391 bits per heavy atom. The minimum absolute atomic E-state index is 0.0113. The van der Waals surface area contributed by atoms with Crippen LogP contribution in [0, 0.1) is 0 Å². The second-order valence-corrected chi connectivity index (χ2v) is 21.4. The van der Waals surface area contributed by atoms with Crippen LogP contribution in [0.3, 0.4) is 0 Å². The van der Waals surface area contributed by atoms with Gasteiger partial charge in [-0.2, -0.15) is 0 Å². The van der Waals surface area contributed by atoms with E-state index in [1.54, 1.807) is 0 Å². The first-order valence-electron chi connectivity index (χ1n) is 31.1. The molecule has 0 aliphatic rings. The Kier molecular flexibility index (Phi) is 57.5. The minimum Gasteiger partial charge on any atom is -0.466 e. The zero-order chi connectivity index (χ0) is 50.0. The molecule has 0 fully saturated rings. The van der Waals surface area contributed by atoms with E-state index >= 15 is 0 Å². The van der Waals surface area contributed by atoms with Gasteiger partial charge in [0.15, 0.2) is 0 Å². The van der Waals surface area contributed by atoms with Gasteiger partial charge < -0.3 is 20.3 Å². The Hall–Kier alpha value is -1.66. The van der Waals surface area contributed by atoms with E-state index in [0.717, 1.165) is 57.8 Å². The predicted molar refractivity (Wildman–Crippen MR) is 301 cm³/mol. The van der Waals surface area contributed by atoms with Crippen molar-refractivity contribution in [3.05, 3.63) is 24.3 Å². The van der Waals surface area contributed by atoms with Crippen molar-refractivity contribution in [3.63, 3.8) is 0 Å². The number of allylic oxidation sites excluding steroid dienone is 4. The topological polar surface area (TPSA) is 95.9 Å². The summed E-state index contributed by atoms with van der Waals surface area (Å²) < 4.78 is 5.45. The second-order valence-electron chi connectivity index (χ2n) is 21.4. The molecule has 0 aromatic rings. The molecule has 0 aromatic carbocycles. The summed E-state index contributed by atoms with van der Waals surface area (Å²) in [4.78, 5) is 24.5. The summed E-state index contributed by atoms with van der Waals surface area (Å²) in [5.74, 6) is -0.0551. The van der Waals surface area contributed by atoms with E-state index in [0.29, 0.717) is 25.9 Å². The largest absolute Gasteiger partial charge is 0.466 e. The van der Waals surface area contributed by atoms with Gasteiger partial charge in [0.1, 0.15) is 0 Å². The molecule has 0 heterocycles. The average molecular weight is 973 g/mol. The fraction of sp³-hybridized carbons (Fsp3) is 0.905. The lowest BCUT2D eigenvalue weighted by Crippen LogP contribution is -2.45. The molecule has 2 unspecified atom stereocenters. The maximum absolute atomic E-state index is 12.5. The third-order valence-electron chi connectivity index (χ3n) is 14.5. The van der Waals surface area contributed by atoms with Gasteiger partial charge >= 0.3 is 5.97 Å². The number of carbonyl (C=O) groups is 2. The minimum atomic E-state index is -0.673. The van der Waals surface area contributed by atoms with Gasteiger partial charge in [-0.15, -0.1) is 0 Å². The molecular weight excluding hydrogens is 851 g/mol. The summed E-state index contributed by atoms with van der Waals surface area (Å²) in [6, 6.07) is -0.552. The number of rotatable bonds is 58. The molecule has 1 amide bonds. The molecule has 6 heteroatoms. The average Bonchev–Trinajstić information content (AvgIpc) is 3.35. The fourth-order valence-corrected chi connectivity index (χ4v) is 9.69. The molecule has 3 N–H and O–H groups in total. The van der Waals surface area contributed by atoms with Crippen molar-refractivity contribution in [2.75, 3.05) is 13.2 Å². The van der Waals surface area contributed by atoms with Crippen LogP contribution in [0.25, 0.3) is 0 Å². The lowest BCUT2D eigenvalue weighted by Gasteiger charge is -2.22. The molecule has 69 heavy (non-hydrogen) atoms. The number of unbranched alkanes of at least 4 members (excludes halogenated alkanes) is 43. The van der Waals surface area contributed by atoms with Crippen molar-refractivity contribution in [1.82, 2.24) is 5.32 Å². The number of aliphatic hydroxyl groups excluding tert-OH is 2. The monoisotopic (exact) mass is 972 g/mol. The molecule has 0 saturated heterocycles. The van der Waals surface area contributed by atoms with E-state index in [1.165, 1.54) is 250 Å². The third kappa shape index (κ3) is 55.5. The third-order valence-corrected chi connectivity index (χ3v) is 14.5.